The van der Waals surface area contributed by atoms with Gasteiger partial charge in [-0.05, 0) is 48.5 Å². The number of hydrogen-bond acceptors (Lipinski definition) is 0. The van der Waals surface area contributed by atoms with Crippen LogP contribution >= 0.6 is 0 Å². The van der Waals surface area contributed by atoms with Crippen molar-refractivity contribution in [2.45, 2.75) is 44.4 Å². The highest BCUT2D eigenvalue weighted by molar-refractivity contribution is 5.30. The normalized spacial score (nSPS) is 40.4. The first-order chi connectivity index (χ1) is 6.73. The van der Waals surface area contributed by atoms with Crippen LogP contribution in [0.1, 0.15) is 44.6 Å². The molecule has 0 N–H and O–H groups in total. The predicted molar refractivity (Wildman–Crippen MR) is 59.3 cm³/mol. The van der Waals surface area contributed by atoms with Crippen LogP contribution in [0.5, 0.6) is 0 Å². The van der Waals surface area contributed by atoms with Gasteiger partial charge in [0.15, 0.2) is 0 Å². The molecule has 2 fully saturated rings. The summed E-state index contributed by atoms with van der Waals surface area (Å²) in [6.45, 7) is 2.48. The molecule has 0 heterocycles. The minimum atomic E-state index is 0.565. The Morgan fingerprint density at radius 1 is 0.929 bits per heavy atom. The van der Waals surface area contributed by atoms with E-state index in [0.29, 0.717) is 10.8 Å². The van der Waals surface area contributed by atoms with E-state index in [9.17, 15) is 0 Å². The molecule has 0 heteroatoms. The third kappa shape index (κ3) is 1.06. The lowest BCUT2D eigenvalue weighted by Gasteiger charge is -2.27. The predicted octanol–water partition coefficient (Wildman–Crippen LogP) is 3.91. The Bertz CT molecular complexity index is 328. The van der Waals surface area contributed by atoms with E-state index in [0.717, 1.165) is 0 Å². The van der Waals surface area contributed by atoms with Crippen LogP contribution in [0.2, 0.25) is 0 Å². The second kappa shape index (κ2) is 2.62. The third-order valence-corrected chi connectivity index (χ3v) is 4.57. The summed E-state index contributed by atoms with van der Waals surface area (Å²) >= 11 is 0. The molecule has 0 aromatic heterocycles. The fourth-order valence-corrected chi connectivity index (χ4v) is 3.69. The van der Waals surface area contributed by atoms with E-state index in [2.05, 4.69) is 37.3 Å². The average Bonchev–Trinajstić information content (AvgIpc) is 2.74. The zero-order chi connectivity index (χ0) is 9.65. The molecule has 0 unspecified atom stereocenters. The van der Waals surface area contributed by atoms with Crippen molar-refractivity contribution in [2.24, 2.45) is 5.41 Å². The minimum absolute atomic E-state index is 0.565. The molecule has 0 nitrogen and oxygen atoms in total. The van der Waals surface area contributed by atoms with E-state index >= 15 is 0 Å². The Balaban J connectivity index is 2.00. The van der Waals surface area contributed by atoms with Gasteiger partial charge in [-0.3, -0.25) is 0 Å². The first-order valence-corrected chi connectivity index (χ1v) is 5.78. The van der Waals surface area contributed by atoms with E-state index in [1.165, 1.54) is 32.1 Å². The number of benzene rings is 1. The maximum atomic E-state index is 2.48. The van der Waals surface area contributed by atoms with Crippen LogP contribution in [-0.4, -0.2) is 0 Å². The molecule has 0 spiro atoms. The molecular weight excluding hydrogens is 168 g/mol. The van der Waals surface area contributed by atoms with Crippen LogP contribution in [0, 0.1) is 5.41 Å². The molecule has 2 saturated carbocycles. The number of rotatable bonds is 1. The maximum absolute atomic E-state index is 2.48. The summed E-state index contributed by atoms with van der Waals surface area (Å²) in [5.41, 5.74) is 2.84. The van der Waals surface area contributed by atoms with Gasteiger partial charge in [-0.15, -0.1) is 0 Å². The largest absolute Gasteiger partial charge is 0.0622 e. The number of fused-ring (bicyclic) bond motifs is 2. The summed E-state index contributed by atoms with van der Waals surface area (Å²) in [5.74, 6) is 0. The first-order valence-electron chi connectivity index (χ1n) is 5.78. The molecule has 2 bridgehead atoms. The van der Waals surface area contributed by atoms with Gasteiger partial charge in [0.1, 0.15) is 0 Å². The second-order valence-corrected chi connectivity index (χ2v) is 5.63. The van der Waals surface area contributed by atoms with E-state index in [-0.39, 0.29) is 0 Å². The molecule has 0 radical (unpaired) electrons. The lowest BCUT2D eigenvalue weighted by molar-refractivity contribution is 0.328. The van der Waals surface area contributed by atoms with Gasteiger partial charge in [0.2, 0.25) is 0 Å². The fourth-order valence-electron chi connectivity index (χ4n) is 3.69. The molecule has 1 aromatic rings. The van der Waals surface area contributed by atoms with Crippen molar-refractivity contribution in [3.8, 4) is 0 Å². The van der Waals surface area contributed by atoms with Crippen molar-refractivity contribution in [2.75, 3.05) is 0 Å². The Hall–Kier alpha value is -0.780. The van der Waals surface area contributed by atoms with Crippen molar-refractivity contribution in [1.29, 1.82) is 0 Å². The Labute approximate surface area is 86.3 Å². The SMILES string of the molecule is CC12CCC(c3ccccc3)(CC1)C2. The van der Waals surface area contributed by atoms with Crippen LogP contribution in [-0.2, 0) is 5.41 Å². The molecule has 3 rings (SSSR count). The van der Waals surface area contributed by atoms with Crippen LogP contribution in [0.15, 0.2) is 30.3 Å². The van der Waals surface area contributed by atoms with Gasteiger partial charge in [-0.2, -0.15) is 0 Å². The molecule has 1 aromatic carbocycles. The summed E-state index contributed by atoms with van der Waals surface area (Å²) < 4.78 is 0. The highest BCUT2D eigenvalue weighted by Gasteiger charge is 2.52. The van der Waals surface area contributed by atoms with Gasteiger partial charge >= 0.3 is 0 Å². The van der Waals surface area contributed by atoms with Gasteiger partial charge in [0.05, 0.1) is 0 Å². The molecule has 2 aliphatic rings. The fraction of sp³-hybridized carbons (Fsp3) is 0.571. The molecular formula is C14H18. The zero-order valence-electron chi connectivity index (χ0n) is 8.92. The Kier molecular flexibility index (Phi) is 1.60. The van der Waals surface area contributed by atoms with E-state index < -0.39 is 0 Å². The van der Waals surface area contributed by atoms with Gasteiger partial charge in [-0.25, -0.2) is 0 Å². The summed E-state index contributed by atoms with van der Waals surface area (Å²) in [7, 11) is 0. The Morgan fingerprint density at radius 2 is 1.57 bits per heavy atom. The summed E-state index contributed by atoms with van der Waals surface area (Å²) in [6, 6.07) is 11.2. The number of hydrogen-bond donors (Lipinski definition) is 0. The maximum Gasteiger partial charge on any atom is -0.00414 e. The van der Waals surface area contributed by atoms with E-state index in [4.69, 9.17) is 0 Å². The smallest absolute Gasteiger partial charge is 0.00414 e. The molecule has 14 heavy (non-hydrogen) atoms. The molecule has 0 amide bonds. The first kappa shape index (κ1) is 8.52. The van der Waals surface area contributed by atoms with Crippen molar-refractivity contribution in [1.82, 2.24) is 0 Å². The zero-order valence-corrected chi connectivity index (χ0v) is 8.92. The highest BCUT2D eigenvalue weighted by atomic mass is 14.6. The van der Waals surface area contributed by atoms with Crippen molar-refractivity contribution >= 4 is 0 Å². The highest BCUT2D eigenvalue weighted by Crippen LogP contribution is 2.61. The van der Waals surface area contributed by atoms with Crippen molar-refractivity contribution < 1.29 is 0 Å². The van der Waals surface area contributed by atoms with Gasteiger partial charge in [0, 0.05) is 0 Å². The van der Waals surface area contributed by atoms with Crippen LogP contribution in [0.4, 0.5) is 0 Å². The lowest BCUT2D eigenvalue weighted by Crippen LogP contribution is -2.19. The molecule has 74 valence electrons. The van der Waals surface area contributed by atoms with Gasteiger partial charge in [-0.1, -0.05) is 37.3 Å². The molecule has 2 aliphatic carbocycles. The molecule has 0 atom stereocenters. The second-order valence-electron chi connectivity index (χ2n) is 5.63. The van der Waals surface area contributed by atoms with Crippen molar-refractivity contribution in [3.05, 3.63) is 35.9 Å². The van der Waals surface area contributed by atoms with Gasteiger partial charge in [0.25, 0.3) is 0 Å². The van der Waals surface area contributed by atoms with E-state index in [1.807, 2.05) is 0 Å². The summed E-state index contributed by atoms with van der Waals surface area (Å²) in [5, 5.41) is 0. The summed E-state index contributed by atoms with van der Waals surface area (Å²) in [6.07, 6.45) is 7.18. The van der Waals surface area contributed by atoms with Crippen molar-refractivity contribution in [3.63, 3.8) is 0 Å². The topological polar surface area (TPSA) is 0 Å². The van der Waals surface area contributed by atoms with Crippen LogP contribution < -0.4 is 0 Å². The quantitative estimate of drug-likeness (QED) is 0.624. The standard InChI is InChI=1S/C14H18/c1-13-7-9-14(11-13,10-8-13)12-5-3-2-4-6-12/h2-6H,7-11H2,1H3. The minimum Gasteiger partial charge on any atom is -0.0622 e. The Morgan fingerprint density at radius 3 is 2.07 bits per heavy atom. The monoisotopic (exact) mass is 186 g/mol. The van der Waals surface area contributed by atoms with E-state index in [1.54, 1.807) is 5.56 Å². The molecule has 0 aliphatic heterocycles. The van der Waals surface area contributed by atoms with Gasteiger partial charge < -0.3 is 0 Å². The molecule has 0 saturated heterocycles. The van der Waals surface area contributed by atoms with Crippen LogP contribution in [0.3, 0.4) is 0 Å². The third-order valence-electron chi connectivity index (χ3n) is 4.57. The lowest BCUT2D eigenvalue weighted by atomic mass is 9.77. The average molecular weight is 186 g/mol. The summed E-state index contributed by atoms with van der Waals surface area (Å²) in [4.78, 5) is 0. The van der Waals surface area contributed by atoms with Crippen LogP contribution in [0.25, 0.3) is 0 Å².